The third kappa shape index (κ3) is 2.83. The molecule has 0 saturated heterocycles. The maximum Gasteiger partial charge on any atom is 0.294 e. The number of nitrogens with one attached hydrogen (secondary N) is 1. The van der Waals surface area contributed by atoms with Crippen molar-refractivity contribution in [1.29, 1.82) is 0 Å². The smallest absolute Gasteiger partial charge is 0.294 e. The lowest BCUT2D eigenvalue weighted by atomic mass is 10.1. The van der Waals surface area contributed by atoms with Gasteiger partial charge >= 0.3 is 0 Å². The highest BCUT2D eigenvalue weighted by Crippen LogP contribution is 2.39. The predicted octanol–water partition coefficient (Wildman–Crippen LogP) is 4.25. The molecule has 7 nitrogen and oxygen atoms in total. The van der Waals surface area contributed by atoms with E-state index in [1.54, 1.807) is 25.1 Å². The average Bonchev–Trinajstić information content (AvgIpc) is 2.90. The van der Waals surface area contributed by atoms with E-state index in [2.05, 4.69) is 21.2 Å². The molecule has 0 bridgehead atoms. The van der Waals surface area contributed by atoms with Gasteiger partial charge in [-0.1, -0.05) is 15.9 Å². The first kappa shape index (κ1) is 16.0. The number of hydrogen-bond acceptors (Lipinski definition) is 5. The topological polar surface area (TPSA) is 111 Å². The number of hydrogen-bond donors (Lipinski definition) is 2. The summed E-state index contributed by atoms with van der Waals surface area (Å²) in [6.07, 6.45) is 0. The maximum absolute atomic E-state index is 11.6. The second-order valence-electron chi connectivity index (χ2n) is 5.17. The van der Waals surface area contributed by atoms with E-state index in [4.69, 9.17) is 10.2 Å². The standard InChI is InChI=1S/C16H12BrN3O4/c1-8-6-11-14(19-10-4-2-9(17)3-5-10)13(20(22)23)7-12(16(18)21)15(11)24-8/h2-7,19H,1H3,(H2,18,21). The Morgan fingerprint density at radius 3 is 2.54 bits per heavy atom. The van der Waals surface area contributed by atoms with Crippen LogP contribution in [0.3, 0.4) is 0 Å². The summed E-state index contributed by atoms with van der Waals surface area (Å²) in [6, 6.07) is 9.93. The molecule has 0 unspecified atom stereocenters. The number of benzene rings is 2. The highest BCUT2D eigenvalue weighted by molar-refractivity contribution is 9.10. The Bertz CT molecular complexity index is 964. The molecular weight excluding hydrogens is 378 g/mol. The number of primary amides is 1. The second-order valence-corrected chi connectivity index (χ2v) is 6.09. The number of nitro groups is 1. The van der Waals surface area contributed by atoms with Gasteiger partial charge in [-0.3, -0.25) is 14.9 Å². The van der Waals surface area contributed by atoms with Crippen molar-refractivity contribution in [2.24, 2.45) is 5.73 Å². The fraction of sp³-hybridized carbons (Fsp3) is 0.0625. The molecule has 8 heteroatoms. The lowest BCUT2D eigenvalue weighted by molar-refractivity contribution is -0.383. The van der Waals surface area contributed by atoms with E-state index in [0.717, 1.165) is 10.5 Å². The Hall–Kier alpha value is -2.87. The van der Waals surface area contributed by atoms with E-state index in [1.165, 1.54) is 0 Å². The molecule has 1 aromatic heterocycles. The Labute approximate surface area is 144 Å². The van der Waals surface area contributed by atoms with Crippen LogP contribution >= 0.6 is 15.9 Å². The van der Waals surface area contributed by atoms with Gasteiger partial charge in [-0.25, -0.2) is 0 Å². The van der Waals surface area contributed by atoms with Crippen molar-refractivity contribution in [3.63, 3.8) is 0 Å². The summed E-state index contributed by atoms with van der Waals surface area (Å²) in [7, 11) is 0. The quantitative estimate of drug-likeness (QED) is 0.511. The number of carbonyl (C=O) groups is 1. The number of aryl methyl sites for hydroxylation is 1. The summed E-state index contributed by atoms with van der Waals surface area (Å²) in [5.74, 6) is -0.264. The molecule has 1 amide bonds. The predicted molar refractivity (Wildman–Crippen MR) is 93.5 cm³/mol. The van der Waals surface area contributed by atoms with Crippen molar-refractivity contribution in [2.75, 3.05) is 5.32 Å². The largest absolute Gasteiger partial charge is 0.460 e. The van der Waals surface area contributed by atoms with E-state index in [-0.39, 0.29) is 22.5 Å². The zero-order valence-corrected chi connectivity index (χ0v) is 14.1. The fourth-order valence-corrected chi connectivity index (χ4v) is 2.71. The molecule has 0 spiro atoms. The summed E-state index contributed by atoms with van der Waals surface area (Å²) in [6.45, 7) is 1.69. The number of furan rings is 1. The van der Waals surface area contributed by atoms with Crippen molar-refractivity contribution in [3.8, 4) is 0 Å². The van der Waals surface area contributed by atoms with Crippen molar-refractivity contribution in [2.45, 2.75) is 6.92 Å². The third-order valence-electron chi connectivity index (χ3n) is 3.48. The van der Waals surface area contributed by atoms with E-state index in [1.807, 2.05) is 12.1 Å². The first-order valence-corrected chi connectivity index (χ1v) is 7.70. The molecule has 0 aliphatic carbocycles. The molecule has 2 aromatic carbocycles. The molecule has 0 fully saturated rings. The normalized spacial score (nSPS) is 10.8. The second kappa shape index (κ2) is 5.97. The lowest BCUT2D eigenvalue weighted by Gasteiger charge is -2.10. The van der Waals surface area contributed by atoms with Crippen LogP contribution in [0, 0.1) is 17.0 Å². The summed E-state index contributed by atoms with van der Waals surface area (Å²) >= 11 is 3.33. The lowest BCUT2D eigenvalue weighted by Crippen LogP contribution is -2.12. The number of rotatable bonds is 4. The van der Waals surface area contributed by atoms with Crippen LogP contribution in [-0.2, 0) is 0 Å². The first-order valence-electron chi connectivity index (χ1n) is 6.90. The van der Waals surface area contributed by atoms with Gasteiger partial charge in [-0.2, -0.15) is 0 Å². The summed E-state index contributed by atoms with van der Waals surface area (Å²) in [5.41, 5.74) is 6.19. The van der Waals surface area contributed by atoms with Gasteiger partial charge in [0, 0.05) is 16.2 Å². The van der Waals surface area contributed by atoms with Gasteiger partial charge in [0.2, 0.25) is 0 Å². The minimum atomic E-state index is -0.785. The highest BCUT2D eigenvalue weighted by atomic mass is 79.9. The Morgan fingerprint density at radius 1 is 1.29 bits per heavy atom. The van der Waals surface area contributed by atoms with Gasteiger partial charge in [0.15, 0.2) is 0 Å². The van der Waals surface area contributed by atoms with E-state index < -0.39 is 10.8 Å². The van der Waals surface area contributed by atoms with E-state index >= 15 is 0 Å². The molecule has 0 saturated carbocycles. The van der Waals surface area contributed by atoms with Crippen molar-refractivity contribution in [3.05, 3.63) is 62.3 Å². The van der Waals surface area contributed by atoms with Gasteiger partial charge in [0.05, 0.1) is 15.9 Å². The van der Waals surface area contributed by atoms with Crippen molar-refractivity contribution >= 4 is 49.9 Å². The van der Waals surface area contributed by atoms with Crippen molar-refractivity contribution < 1.29 is 14.1 Å². The summed E-state index contributed by atoms with van der Waals surface area (Å²) < 4.78 is 6.41. The van der Waals surface area contributed by atoms with Gasteiger partial charge < -0.3 is 15.5 Å². The molecule has 3 rings (SSSR count). The molecule has 0 atom stereocenters. The molecular formula is C16H12BrN3O4. The summed E-state index contributed by atoms with van der Waals surface area (Å²) in [4.78, 5) is 22.5. The zero-order chi connectivity index (χ0) is 17.4. The van der Waals surface area contributed by atoms with Crippen LogP contribution in [0.25, 0.3) is 11.0 Å². The minimum Gasteiger partial charge on any atom is -0.460 e. The monoisotopic (exact) mass is 389 g/mol. The molecule has 0 aliphatic heterocycles. The summed E-state index contributed by atoms with van der Waals surface area (Å²) in [5, 5.41) is 14.9. The van der Waals surface area contributed by atoms with Gasteiger partial charge in [-0.15, -0.1) is 0 Å². The van der Waals surface area contributed by atoms with E-state index in [9.17, 15) is 14.9 Å². The number of nitrogens with two attached hydrogens (primary N) is 1. The third-order valence-corrected chi connectivity index (χ3v) is 4.01. The van der Waals surface area contributed by atoms with Crippen molar-refractivity contribution in [1.82, 2.24) is 0 Å². The molecule has 0 radical (unpaired) electrons. The number of nitro benzene ring substituents is 1. The van der Waals surface area contributed by atoms with Crippen LogP contribution in [0.4, 0.5) is 17.1 Å². The van der Waals surface area contributed by atoms with Gasteiger partial charge in [0.25, 0.3) is 11.6 Å². The SMILES string of the molecule is Cc1cc2c(Nc3ccc(Br)cc3)c([N+](=O)[O-])cc(C(N)=O)c2o1. The van der Waals surface area contributed by atoms with Crippen LogP contribution in [0.5, 0.6) is 0 Å². The Morgan fingerprint density at radius 2 is 1.96 bits per heavy atom. The Kier molecular flexibility index (Phi) is 3.98. The number of carbonyl (C=O) groups excluding carboxylic acids is 1. The van der Waals surface area contributed by atoms with Crippen LogP contribution in [0.1, 0.15) is 16.1 Å². The number of fused-ring (bicyclic) bond motifs is 1. The first-order chi connectivity index (χ1) is 11.4. The minimum absolute atomic E-state index is 0.0221. The highest BCUT2D eigenvalue weighted by Gasteiger charge is 2.25. The average molecular weight is 390 g/mol. The fourth-order valence-electron chi connectivity index (χ4n) is 2.45. The maximum atomic E-state index is 11.6. The molecule has 0 aliphatic rings. The number of halogens is 1. The van der Waals surface area contributed by atoms with Crippen LogP contribution in [-0.4, -0.2) is 10.8 Å². The van der Waals surface area contributed by atoms with E-state index in [0.29, 0.717) is 16.8 Å². The van der Waals surface area contributed by atoms with Crippen LogP contribution in [0.15, 0.2) is 45.3 Å². The van der Waals surface area contributed by atoms with Crippen LogP contribution in [0.2, 0.25) is 0 Å². The van der Waals surface area contributed by atoms with Gasteiger partial charge in [0.1, 0.15) is 17.0 Å². The number of amides is 1. The van der Waals surface area contributed by atoms with Crippen LogP contribution < -0.4 is 11.1 Å². The molecule has 24 heavy (non-hydrogen) atoms. The Balaban J connectivity index is 2.26. The zero-order valence-electron chi connectivity index (χ0n) is 12.5. The molecule has 1 heterocycles. The number of nitrogens with zero attached hydrogens (tertiary/aromatic N) is 1. The molecule has 122 valence electrons. The number of anilines is 2. The molecule has 3 N–H and O–H groups in total. The molecule has 3 aromatic rings. The van der Waals surface area contributed by atoms with Gasteiger partial charge in [-0.05, 0) is 37.3 Å².